The summed E-state index contributed by atoms with van der Waals surface area (Å²) in [7, 11) is 0. The van der Waals surface area contributed by atoms with Gasteiger partial charge in [0.2, 0.25) is 0 Å². The van der Waals surface area contributed by atoms with Crippen LogP contribution in [-0.4, -0.2) is 10.5 Å². The Kier molecular flexibility index (Phi) is 3.35. The predicted octanol–water partition coefficient (Wildman–Crippen LogP) is 3.99. The van der Waals surface area contributed by atoms with Crippen LogP contribution < -0.4 is 5.32 Å². The molecule has 2 heteroatoms. The Morgan fingerprint density at radius 2 is 1.65 bits per heavy atom. The van der Waals surface area contributed by atoms with Gasteiger partial charge in [0, 0.05) is 29.9 Å². The molecule has 2 nitrogen and oxygen atoms in total. The van der Waals surface area contributed by atoms with Crippen LogP contribution in [0.15, 0.2) is 48.8 Å². The predicted molar refractivity (Wildman–Crippen MR) is 82.7 cm³/mol. The molecule has 1 aromatic carbocycles. The molecule has 0 aliphatic carbocycles. The number of nitrogens with one attached hydrogen (secondary N) is 1. The standard InChI is InChI=1S/C18H22N2/c1-13-4-6-15(7-5-13)17-12-16(18(2,3)20-17)14-8-10-19-11-9-14/h4-11,16-17,20H,12H2,1-3H3/t16-,17+/m0/s1. The first-order chi connectivity index (χ1) is 9.56. The lowest BCUT2D eigenvalue weighted by Crippen LogP contribution is -2.37. The lowest BCUT2D eigenvalue weighted by molar-refractivity contribution is 0.397. The zero-order chi connectivity index (χ0) is 14.2. The van der Waals surface area contributed by atoms with Crippen molar-refractivity contribution in [3.63, 3.8) is 0 Å². The first-order valence-electron chi connectivity index (χ1n) is 7.30. The van der Waals surface area contributed by atoms with Gasteiger partial charge in [-0.15, -0.1) is 0 Å². The van der Waals surface area contributed by atoms with Gasteiger partial charge in [-0.1, -0.05) is 29.8 Å². The molecule has 0 bridgehead atoms. The molecule has 0 unspecified atom stereocenters. The van der Waals surface area contributed by atoms with Crippen molar-refractivity contribution in [3.8, 4) is 0 Å². The molecule has 1 aliphatic heterocycles. The Bertz CT molecular complexity index is 572. The van der Waals surface area contributed by atoms with E-state index < -0.39 is 0 Å². The number of rotatable bonds is 2. The highest BCUT2D eigenvalue weighted by Crippen LogP contribution is 2.43. The van der Waals surface area contributed by atoms with E-state index in [4.69, 9.17) is 0 Å². The number of aromatic nitrogens is 1. The number of nitrogens with zero attached hydrogens (tertiary/aromatic N) is 1. The Morgan fingerprint density at radius 1 is 1.00 bits per heavy atom. The molecule has 0 amide bonds. The number of hydrogen-bond acceptors (Lipinski definition) is 2. The lowest BCUT2D eigenvalue weighted by Gasteiger charge is -2.27. The average Bonchev–Trinajstić information content (AvgIpc) is 2.76. The molecule has 1 aromatic heterocycles. The van der Waals surface area contributed by atoms with Gasteiger partial charge in [-0.2, -0.15) is 0 Å². The Labute approximate surface area is 121 Å². The zero-order valence-corrected chi connectivity index (χ0v) is 12.4. The van der Waals surface area contributed by atoms with Gasteiger partial charge in [-0.25, -0.2) is 0 Å². The van der Waals surface area contributed by atoms with Gasteiger partial charge in [0.25, 0.3) is 0 Å². The first kappa shape index (κ1) is 13.3. The SMILES string of the molecule is Cc1ccc([C@H]2C[C@@H](c3ccncc3)C(C)(C)N2)cc1. The Hall–Kier alpha value is -1.67. The van der Waals surface area contributed by atoms with E-state index in [1.807, 2.05) is 12.4 Å². The molecule has 1 N–H and O–H groups in total. The third-order valence-corrected chi connectivity index (χ3v) is 4.48. The Balaban J connectivity index is 1.87. The molecule has 0 radical (unpaired) electrons. The van der Waals surface area contributed by atoms with Gasteiger partial charge >= 0.3 is 0 Å². The van der Waals surface area contributed by atoms with Crippen molar-refractivity contribution in [2.45, 2.75) is 44.7 Å². The van der Waals surface area contributed by atoms with Crippen LogP contribution in [0.3, 0.4) is 0 Å². The maximum Gasteiger partial charge on any atom is 0.0331 e. The van der Waals surface area contributed by atoms with Gasteiger partial charge in [0.05, 0.1) is 0 Å². The van der Waals surface area contributed by atoms with Crippen molar-refractivity contribution in [1.29, 1.82) is 0 Å². The van der Waals surface area contributed by atoms with Crippen LogP contribution in [0.5, 0.6) is 0 Å². The molecule has 2 atom stereocenters. The highest BCUT2D eigenvalue weighted by molar-refractivity contribution is 5.30. The molecule has 1 aliphatic rings. The second-order valence-electron chi connectivity index (χ2n) is 6.40. The van der Waals surface area contributed by atoms with E-state index in [-0.39, 0.29) is 5.54 Å². The summed E-state index contributed by atoms with van der Waals surface area (Å²) in [5.41, 5.74) is 4.20. The summed E-state index contributed by atoms with van der Waals surface area (Å²) >= 11 is 0. The quantitative estimate of drug-likeness (QED) is 0.889. The smallest absolute Gasteiger partial charge is 0.0331 e. The zero-order valence-electron chi connectivity index (χ0n) is 12.4. The van der Waals surface area contributed by atoms with Crippen molar-refractivity contribution in [3.05, 3.63) is 65.5 Å². The fraction of sp³-hybridized carbons (Fsp3) is 0.389. The summed E-state index contributed by atoms with van der Waals surface area (Å²) in [6.45, 7) is 6.73. The van der Waals surface area contributed by atoms with Gasteiger partial charge in [-0.05, 0) is 50.5 Å². The summed E-state index contributed by atoms with van der Waals surface area (Å²) in [6, 6.07) is 13.6. The molecular weight excluding hydrogens is 244 g/mol. The molecule has 1 fully saturated rings. The number of aryl methyl sites for hydroxylation is 1. The van der Waals surface area contributed by atoms with Crippen LogP contribution in [0.4, 0.5) is 0 Å². The van der Waals surface area contributed by atoms with E-state index in [9.17, 15) is 0 Å². The minimum Gasteiger partial charge on any atom is -0.304 e. The number of pyridine rings is 1. The first-order valence-corrected chi connectivity index (χ1v) is 7.30. The second kappa shape index (κ2) is 5.02. The molecule has 3 rings (SSSR count). The summed E-state index contributed by atoms with van der Waals surface area (Å²) in [4.78, 5) is 4.13. The van der Waals surface area contributed by atoms with Crippen LogP contribution in [0.2, 0.25) is 0 Å². The molecule has 2 aromatic rings. The van der Waals surface area contributed by atoms with E-state index in [0.717, 1.165) is 6.42 Å². The van der Waals surface area contributed by atoms with Gasteiger partial charge in [0.15, 0.2) is 0 Å². The van der Waals surface area contributed by atoms with Crippen LogP contribution in [0, 0.1) is 6.92 Å². The third-order valence-electron chi connectivity index (χ3n) is 4.48. The van der Waals surface area contributed by atoms with Gasteiger partial charge in [-0.3, -0.25) is 4.98 Å². The van der Waals surface area contributed by atoms with E-state index >= 15 is 0 Å². The summed E-state index contributed by atoms with van der Waals surface area (Å²) in [6.07, 6.45) is 4.93. The largest absolute Gasteiger partial charge is 0.304 e. The van der Waals surface area contributed by atoms with Crippen molar-refractivity contribution in [2.24, 2.45) is 0 Å². The molecule has 0 saturated carbocycles. The van der Waals surface area contributed by atoms with Gasteiger partial charge in [0.1, 0.15) is 0 Å². The molecule has 0 spiro atoms. The molecule has 20 heavy (non-hydrogen) atoms. The van der Waals surface area contributed by atoms with E-state index in [0.29, 0.717) is 12.0 Å². The fourth-order valence-corrected chi connectivity index (χ4v) is 3.31. The maximum atomic E-state index is 4.13. The van der Waals surface area contributed by atoms with E-state index in [2.05, 4.69) is 67.5 Å². The second-order valence-corrected chi connectivity index (χ2v) is 6.40. The summed E-state index contributed by atoms with van der Waals surface area (Å²) in [5, 5.41) is 3.79. The highest BCUT2D eigenvalue weighted by atomic mass is 15.0. The van der Waals surface area contributed by atoms with Crippen molar-refractivity contribution in [1.82, 2.24) is 10.3 Å². The molecular formula is C18H22N2. The minimum atomic E-state index is 0.108. The number of hydrogen-bond donors (Lipinski definition) is 1. The van der Waals surface area contributed by atoms with Gasteiger partial charge < -0.3 is 5.32 Å². The number of benzene rings is 1. The molecule has 2 heterocycles. The third kappa shape index (κ3) is 2.48. The summed E-state index contributed by atoms with van der Waals surface area (Å²) in [5.74, 6) is 0.525. The van der Waals surface area contributed by atoms with Crippen LogP contribution in [0.1, 0.15) is 48.9 Å². The minimum absolute atomic E-state index is 0.108. The van der Waals surface area contributed by atoms with Crippen molar-refractivity contribution < 1.29 is 0 Å². The monoisotopic (exact) mass is 266 g/mol. The van der Waals surface area contributed by atoms with Crippen LogP contribution >= 0.6 is 0 Å². The Morgan fingerprint density at radius 3 is 2.30 bits per heavy atom. The highest BCUT2D eigenvalue weighted by Gasteiger charge is 2.40. The van der Waals surface area contributed by atoms with E-state index in [1.54, 1.807) is 0 Å². The van der Waals surface area contributed by atoms with Crippen molar-refractivity contribution >= 4 is 0 Å². The van der Waals surface area contributed by atoms with Crippen molar-refractivity contribution in [2.75, 3.05) is 0 Å². The fourth-order valence-electron chi connectivity index (χ4n) is 3.31. The normalized spacial score (nSPS) is 24.8. The topological polar surface area (TPSA) is 24.9 Å². The molecule has 104 valence electrons. The van der Waals surface area contributed by atoms with Crippen LogP contribution in [0.25, 0.3) is 0 Å². The summed E-state index contributed by atoms with van der Waals surface area (Å²) < 4.78 is 0. The van der Waals surface area contributed by atoms with Crippen LogP contribution in [-0.2, 0) is 0 Å². The molecule has 1 saturated heterocycles. The average molecular weight is 266 g/mol. The maximum absolute atomic E-state index is 4.13. The lowest BCUT2D eigenvalue weighted by atomic mass is 9.83. The van der Waals surface area contributed by atoms with E-state index in [1.165, 1.54) is 16.7 Å².